The van der Waals surface area contributed by atoms with Crippen LogP contribution in [0.2, 0.25) is 0 Å². The zero-order valence-electron chi connectivity index (χ0n) is 31.0. The summed E-state index contributed by atoms with van der Waals surface area (Å²) in [5.74, 6) is 1.61. The molecule has 2 aromatic heterocycles. The summed E-state index contributed by atoms with van der Waals surface area (Å²) in [6.07, 6.45) is 8.52. The number of aromatic nitrogens is 2. The molecule has 1 fully saturated rings. The van der Waals surface area contributed by atoms with Gasteiger partial charge in [-0.05, 0) is 114 Å². The van der Waals surface area contributed by atoms with Crippen LogP contribution in [-0.4, -0.2) is 22.3 Å². The highest BCUT2D eigenvalue weighted by molar-refractivity contribution is 6.10. The zero-order valence-corrected chi connectivity index (χ0v) is 31.0. The predicted molar refractivity (Wildman–Crippen MR) is 227 cm³/mol. The monoisotopic (exact) mass is 702 g/mol. The topological polar surface area (TPSA) is 19.1 Å². The van der Waals surface area contributed by atoms with E-state index < -0.39 is 0 Å². The van der Waals surface area contributed by atoms with Crippen molar-refractivity contribution in [1.82, 2.24) is 9.13 Å². The van der Waals surface area contributed by atoms with Gasteiger partial charge in [0, 0.05) is 51.5 Å². The van der Waals surface area contributed by atoms with Crippen LogP contribution in [0.4, 0.5) is 0 Å². The Kier molecular flexibility index (Phi) is 7.96. The maximum absolute atomic E-state index is 6.49. The highest BCUT2D eigenvalue weighted by Gasteiger charge is 2.40. The molecule has 3 heteroatoms. The number of nitrogens with zero attached hydrogens (tertiary/aromatic N) is 2. The summed E-state index contributed by atoms with van der Waals surface area (Å²) < 4.78 is 11.4. The Balaban J connectivity index is 1.06. The molecule has 2 aliphatic rings. The average Bonchev–Trinajstić information content (AvgIpc) is 3.95. The molecule has 0 spiro atoms. The van der Waals surface area contributed by atoms with Crippen LogP contribution in [0, 0.1) is 17.8 Å². The van der Waals surface area contributed by atoms with Crippen LogP contribution < -0.4 is 0 Å². The summed E-state index contributed by atoms with van der Waals surface area (Å²) in [5.41, 5.74) is 12.6. The van der Waals surface area contributed by atoms with Gasteiger partial charge in [0.15, 0.2) is 0 Å². The molecule has 0 radical (unpaired) electrons. The Labute approximate surface area is 317 Å². The number of rotatable bonds is 10. The summed E-state index contributed by atoms with van der Waals surface area (Å²) in [5, 5.41) is 5.14. The molecule has 0 saturated heterocycles. The van der Waals surface area contributed by atoms with Crippen molar-refractivity contribution in [3.63, 3.8) is 0 Å². The molecule has 2 aliphatic carbocycles. The minimum atomic E-state index is -0.206. The fraction of sp³-hybridized carbons (Fsp3) is 0.216. The van der Waals surface area contributed by atoms with Crippen LogP contribution in [0.25, 0.3) is 66.1 Å². The highest BCUT2D eigenvalue weighted by Crippen LogP contribution is 2.53. The van der Waals surface area contributed by atoms with Gasteiger partial charge in [-0.1, -0.05) is 104 Å². The summed E-state index contributed by atoms with van der Waals surface area (Å²) in [4.78, 5) is 0. The number of hydrogen-bond donors (Lipinski definition) is 0. The molecule has 3 atom stereocenters. The van der Waals surface area contributed by atoms with Crippen LogP contribution in [0.3, 0.4) is 0 Å². The molecule has 8 aromatic rings. The second-order valence-electron chi connectivity index (χ2n) is 15.8. The minimum absolute atomic E-state index is 0.206. The van der Waals surface area contributed by atoms with Gasteiger partial charge in [-0.2, -0.15) is 0 Å². The van der Waals surface area contributed by atoms with Crippen molar-refractivity contribution in [1.29, 1.82) is 0 Å². The van der Waals surface area contributed by atoms with E-state index in [9.17, 15) is 0 Å². The molecule has 3 unspecified atom stereocenters. The number of hydrogen-bond acceptors (Lipinski definition) is 1. The van der Waals surface area contributed by atoms with Crippen LogP contribution in [-0.2, 0) is 10.2 Å². The SMILES string of the molecule is C=CC1CC(C=C)C(COCCCC2(C)c3cc(-n4c5ccccc5c5ccccc54)ccc3-c3ccc(-n4c5ccccc5c5ccccc54)cc32)C1. The van der Waals surface area contributed by atoms with Crippen molar-refractivity contribution in [3.8, 4) is 22.5 Å². The molecule has 0 aliphatic heterocycles. The Bertz CT molecular complexity index is 2470. The van der Waals surface area contributed by atoms with Gasteiger partial charge >= 0.3 is 0 Å². The fourth-order valence-electron chi connectivity index (χ4n) is 10.2. The van der Waals surface area contributed by atoms with Crippen LogP contribution in [0.5, 0.6) is 0 Å². The predicted octanol–water partition coefficient (Wildman–Crippen LogP) is 13.0. The molecular formula is C51H46N2O. The lowest BCUT2D eigenvalue weighted by Crippen LogP contribution is -2.22. The fourth-order valence-corrected chi connectivity index (χ4v) is 10.2. The van der Waals surface area contributed by atoms with E-state index in [4.69, 9.17) is 4.74 Å². The first-order valence-electron chi connectivity index (χ1n) is 19.7. The van der Waals surface area contributed by atoms with Crippen molar-refractivity contribution < 1.29 is 4.74 Å². The smallest absolute Gasteiger partial charge is 0.0541 e. The Morgan fingerprint density at radius 2 is 1.07 bits per heavy atom. The molecule has 0 N–H and O–H groups in total. The second-order valence-corrected chi connectivity index (χ2v) is 15.8. The van der Waals surface area contributed by atoms with Gasteiger partial charge in [-0.25, -0.2) is 0 Å². The van der Waals surface area contributed by atoms with E-state index in [1.165, 1.54) is 77.2 Å². The Morgan fingerprint density at radius 3 is 1.52 bits per heavy atom. The van der Waals surface area contributed by atoms with Gasteiger partial charge in [0.25, 0.3) is 0 Å². The zero-order chi connectivity index (χ0) is 36.4. The molecule has 266 valence electrons. The van der Waals surface area contributed by atoms with Crippen LogP contribution in [0.15, 0.2) is 159 Å². The van der Waals surface area contributed by atoms with Crippen molar-refractivity contribution in [2.75, 3.05) is 13.2 Å². The molecule has 1 saturated carbocycles. The normalized spacial score (nSPS) is 18.8. The Hall–Kier alpha value is -5.64. The summed E-state index contributed by atoms with van der Waals surface area (Å²) in [6, 6.07) is 49.6. The first kappa shape index (κ1) is 33.0. The molecule has 10 rings (SSSR count). The summed E-state index contributed by atoms with van der Waals surface area (Å²) in [6.45, 7) is 12.2. The van der Waals surface area contributed by atoms with Crippen molar-refractivity contribution in [2.45, 2.75) is 38.0 Å². The van der Waals surface area contributed by atoms with Gasteiger partial charge in [0.05, 0.1) is 22.1 Å². The van der Waals surface area contributed by atoms with Gasteiger partial charge in [0.1, 0.15) is 0 Å². The van der Waals surface area contributed by atoms with Gasteiger partial charge in [-0.15, -0.1) is 13.2 Å². The number of benzene rings is 6. The highest BCUT2D eigenvalue weighted by atomic mass is 16.5. The summed E-state index contributed by atoms with van der Waals surface area (Å²) in [7, 11) is 0. The number of ether oxygens (including phenoxy) is 1. The first-order valence-corrected chi connectivity index (χ1v) is 19.7. The quantitative estimate of drug-likeness (QED) is 0.103. The standard InChI is InChI=1S/C51H46N2O/c1-4-34-29-35(5-2)36(30-34)33-54-28-14-27-51(3)45-31-37(52-47-19-10-6-15-41(47)42-16-7-11-20-48(42)52)23-25-39(45)40-26-24-38(32-46(40)51)53-49-21-12-8-17-43(49)44-18-9-13-22-50(44)53/h4-13,15-26,31-32,34-36H,1-2,14,27-30,33H2,3H3. The lowest BCUT2D eigenvalue weighted by molar-refractivity contribution is 0.0868. The first-order chi connectivity index (χ1) is 26.6. The average molecular weight is 703 g/mol. The third kappa shape index (κ3) is 5.06. The van der Waals surface area contributed by atoms with Crippen molar-refractivity contribution in [2.24, 2.45) is 17.8 Å². The summed E-state index contributed by atoms with van der Waals surface area (Å²) >= 11 is 0. The van der Waals surface area contributed by atoms with E-state index in [1.807, 2.05) is 0 Å². The van der Waals surface area contributed by atoms with Gasteiger partial charge in [0.2, 0.25) is 0 Å². The molecule has 0 amide bonds. The lowest BCUT2D eigenvalue weighted by atomic mass is 9.76. The maximum Gasteiger partial charge on any atom is 0.0541 e. The third-order valence-electron chi connectivity index (χ3n) is 12.9. The van der Waals surface area contributed by atoms with E-state index in [0.717, 1.165) is 38.9 Å². The molecule has 54 heavy (non-hydrogen) atoms. The second kappa shape index (κ2) is 13.0. The minimum Gasteiger partial charge on any atom is -0.381 e. The van der Waals surface area contributed by atoms with Crippen molar-refractivity contribution in [3.05, 3.63) is 170 Å². The molecule has 2 heterocycles. The number of allylic oxidation sites excluding steroid dienone is 2. The molecule has 6 aromatic carbocycles. The third-order valence-corrected chi connectivity index (χ3v) is 12.9. The molecule has 3 nitrogen and oxygen atoms in total. The van der Waals surface area contributed by atoms with Crippen LogP contribution >= 0.6 is 0 Å². The number of para-hydroxylation sites is 4. The molecular weight excluding hydrogens is 657 g/mol. The van der Waals surface area contributed by atoms with E-state index in [0.29, 0.717) is 17.8 Å². The van der Waals surface area contributed by atoms with E-state index in [2.05, 4.69) is 175 Å². The van der Waals surface area contributed by atoms with Crippen molar-refractivity contribution >= 4 is 43.6 Å². The lowest BCUT2D eigenvalue weighted by Gasteiger charge is -2.29. The largest absolute Gasteiger partial charge is 0.381 e. The molecule has 0 bridgehead atoms. The number of fused-ring (bicyclic) bond motifs is 9. The van der Waals surface area contributed by atoms with E-state index in [-0.39, 0.29) is 5.41 Å². The maximum atomic E-state index is 6.49. The van der Waals surface area contributed by atoms with Crippen LogP contribution in [0.1, 0.15) is 43.7 Å². The van der Waals surface area contributed by atoms with Gasteiger partial charge in [-0.3, -0.25) is 0 Å². The Morgan fingerprint density at radius 1 is 0.611 bits per heavy atom. The van der Waals surface area contributed by atoms with Gasteiger partial charge < -0.3 is 13.9 Å². The van der Waals surface area contributed by atoms with E-state index >= 15 is 0 Å². The van der Waals surface area contributed by atoms with E-state index in [1.54, 1.807) is 0 Å².